The highest BCUT2D eigenvalue weighted by Gasteiger charge is 2.63. The van der Waals surface area contributed by atoms with Gasteiger partial charge in [-0.1, -0.05) is 72.8 Å². The van der Waals surface area contributed by atoms with Crippen molar-refractivity contribution in [1.29, 1.82) is 0 Å². The molecule has 0 radical (unpaired) electrons. The molecule has 170 valence electrons. The molecule has 0 saturated heterocycles. The molecule has 2 fully saturated rings. The Kier molecular flexibility index (Phi) is 8.75. The fraction of sp³-hybridized carbons (Fsp3) is 0.769. The van der Waals surface area contributed by atoms with Crippen molar-refractivity contribution >= 4 is 11.9 Å². The molecule has 1 unspecified atom stereocenters. The SMILES string of the molecule is C=CC(=O)OC(=C(C)C(=O)OCCCCCCCCC)C1C[C@H]2CC[C@@]1(C)C2(C)C. The van der Waals surface area contributed by atoms with E-state index in [1.165, 1.54) is 38.5 Å². The third-order valence-corrected chi connectivity index (χ3v) is 8.14. The van der Waals surface area contributed by atoms with Crippen molar-refractivity contribution in [2.75, 3.05) is 6.61 Å². The van der Waals surface area contributed by atoms with Gasteiger partial charge in [-0.2, -0.15) is 0 Å². The number of allylic oxidation sites excluding steroid dienone is 1. The fourth-order valence-corrected chi connectivity index (χ4v) is 5.59. The zero-order valence-corrected chi connectivity index (χ0v) is 19.9. The lowest BCUT2D eigenvalue weighted by molar-refractivity contribution is -0.140. The molecule has 2 rings (SSSR count). The van der Waals surface area contributed by atoms with Crippen LogP contribution in [0.1, 0.15) is 98.8 Å². The fourth-order valence-electron chi connectivity index (χ4n) is 5.59. The number of hydrogen-bond acceptors (Lipinski definition) is 4. The van der Waals surface area contributed by atoms with Gasteiger partial charge in [0.05, 0.1) is 12.2 Å². The first-order chi connectivity index (χ1) is 14.2. The number of esters is 2. The molecule has 4 nitrogen and oxygen atoms in total. The van der Waals surface area contributed by atoms with E-state index < -0.39 is 5.97 Å². The Labute approximate surface area is 183 Å². The molecule has 2 aliphatic carbocycles. The smallest absolute Gasteiger partial charge is 0.337 e. The highest BCUT2D eigenvalue weighted by atomic mass is 16.5. The van der Waals surface area contributed by atoms with Crippen molar-refractivity contribution in [3.63, 3.8) is 0 Å². The third kappa shape index (κ3) is 5.18. The molecule has 0 aromatic rings. The molecule has 2 bridgehead atoms. The summed E-state index contributed by atoms with van der Waals surface area (Å²) in [5.41, 5.74) is 0.600. The van der Waals surface area contributed by atoms with Gasteiger partial charge >= 0.3 is 11.9 Å². The van der Waals surface area contributed by atoms with Crippen LogP contribution in [0.4, 0.5) is 0 Å². The first-order valence-corrected chi connectivity index (χ1v) is 11.9. The Morgan fingerprint density at radius 1 is 1.07 bits per heavy atom. The van der Waals surface area contributed by atoms with Gasteiger partial charge in [0.1, 0.15) is 5.76 Å². The Hall–Kier alpha value is -1.58. The summed E-state index contributed by atoms with van der Waals surface area (Å²) in [7, 11) is 0. The van der Waals surface area contributed by atoms with Crippen molar-refractivity contribution in [2.24, 2.45) is 22.7 Å². The van der Waals surface area contributed by atoms with Gasteiger partial charge in [0.15, 0.2) is 0 Å². The van der Waals surface area contributed by atoms with Crippen LogP contribution in [-0.2, 0) is 19.1 Å². The average Bonchev–Trinajstić information content (AvgIpc) is 3.06. The Balaban J connectivity index is 2.02. The van der Waals surface area contributed by atoms with Gasteiger partial charge in [0.25, 0.3) is 0 Å². The lowest BCUT2D eigenvalue weighted by Gasteiger charge is -2.40. The third-order valence-electron chi connectivity index (χ3n) is 8.14. The molecule has 0 amide bonds. The molecule has 0 aromatic carbocycles. The van der Waals surface area contributed by atoms with E-state index in [1.807, 2.05) is 0 Å². The van der Waals surface area contributed by atoms with E-state index >= 15 is 0 Å². The molecule has 3 atom stereocenters. The summed E-state index contributed by atoms with van der Waals surface area (Å²) in [6, 6.07) is 0. The topological polar surface area (TPSA) is 52.6 Å². The van der Waals surface area contributed by atoms with Gasteiger partial charge in [0.2, 0.25) is 0 Å². The summed E-state index contributed by atoms with van der Waals surface area (Å²) < 4.78 is 11.2. The van der Waals surface area contributed by atoms with Crippen LogP contribution in [0, 0.1) is 22.7 Å². The molecule has 4 heteroatoms. The lowest BCUT2D eigenvalue weighted by atomic mass is 9.66. The molecular weight excluding hydrogens is 376 g/mol. The van der Waals surface area contributed by atoms with Crippen LogP contribution in [0.25, 0.3) is 0 Å². The van der Waals surface area contributed by atoms with Crippen LogP contribution in [0.2, 0.25) is 0 Å². The highest BCUT2D eigenvalue weighted by molar-refractivity contribution is 5.90. The molecule has 30 heavy (non-hydrogen) atoms. The van der Waals surface area contributed by atoms with E-state index in [-0.39, 0.29) is 22.7 Å². The Morgan fingerprint density at radius 2 is 1.70 bits per heavy atom. The monoisotopic (exact) mass is 418 g/mol. The number of ether oxygens (including phenoxy) is 2. The highest BCUT2D eigenvalue weighted by Crippen LogP contribution is 2.69. The number of carbonyl (C=O) groups excluding carboxylic acids is 2. The normalized spacial score (nSPS) is 27.5. The van der Waals surface area contributed by atoms with Crippen LogP contribution in [0.5, 0.6) is 0 Å². The molecule has 0 heterocycles. The second-order valence-electron chi connectivity index (χ2n) is 10.0. The van der Waals surface area contributed by atoms with Crippen LogP contribution < -0.4 is 0 Å². The molecule has 2 aliphatic rings. The zero-order valence-electron chi connectivity index (χ0n) is 19.9. The minimum Gasteiger partial charge on any atom is -0.462 e. The maximum absolute atomic E-state index is 12.8. The van der Waals surface area contributed by atoms with Crippen molar-refractivity contribution < 1.29 is 19.1 Å². The Morgan fingerprint density at radius 3 is 2.23 bits per heavy atom. The van der Waals surface area contributed by atoms with E-state index in [9.17, 15) is 9.59 Å². The molecular formula is C26H42O4. The number of carbonyl (C=O) groups is 2. The quantitative estimate of drug-likeness (QED) is 0.152. The van der Waals surface area contributed by atoms with Crippen molar-refractivity contribution in [1.82, 2.24) is 0 Å². The van der Waals surface area contributed by atoms with Gasteiger partial charge in [-0.3, -0.25) is 0 Å². The molecule has 0 aromatic heterocycles. The second kappa shape index (κ2) is 10.6. The van der Waals surface area contributed by atoms with Gasteiger partial charge in [-0.15, -0.1) is 0 Å². The van der Waals surface area contributed by atoms with E-state index in [1.54, 1.807) is 6.92 Å². The van der Waals surface area contributed by atoms with Gasteiger partial charge in [-0.25, -0.2) is 9.59 Å². The standard InChI is InChI=1S/C26H42O4/c1-7-9-10-11-12-13-14-17-29-24(28)19(3)23(30-22(27)8-2)21-18-20-15-16-26(21,6)25(20,4)5/h8,20-21H,2,7,9-18H2,1,3-6H3/t20-,21?,26-/m1/s1. The van der Waals surface area contributed by atoms with Crippen LogP contribution >= 0.6 is 0 Å². The predicted octanol–water partition coefficient (Wildman–Crippen LogP) is 6.75. The maximum atomic E-state index is 12.8. The first kappa shape index (κ1) is 24.7. The number of rotatable bonds is 12. The van der Waals surface area contributed by atoms with Crippen molar-refractivity contribution in [2.45, 2.75) is 98.8 Å². The summed E-state index contributed by atoms with van der Waals surface area (Å²) in [5.74, 6) is 0.274. The van der Waals surface area contributed by atoms with E-state index in [0.29, 0.717) is 23.9 Å². The maximum Gasteiger partial charge on any atom is 0.337 e. The zero-order chi connectivity index (χ0) is 22.4. The summed E-state index contributed by atoms with van der Waals surface area (Å²) in [6.07, 6.45) is 12.6. The van der Waals surface area contributed by atoms with E-state index in [0.717, 1.165) is 31.8 Å². The summed E-state index contributed by atoms with van der Waals surface area (Å²) >= 11 is 0. The number of fused-ring (bicyclic) bond motifs is 2. The van der Waals surface area contributed by atoms with Crippen LogP contribution in [0.3, 0.4) is 0 Å². The predicted molar refractivity (Wildman–Crippen MR) is 121 cm³/mol. The van der Waals surface area contributed by atoms with E-state index in [4.69, 9.17) is 9.47 Å². The summed E-state index contributed by atoms with van der Waals surface area (Å²) in [6.45, 7) is 14.8. The molecule has 0 spiro atoms. The number of hydrogen-bond donors (Lipinski definition) is 0. The average molecular weight is 419 g/mol. The minimum atomic E-state index is -0.506. The van der Waals surface area contributed by atoms with Gasteiger partial charge < -0.3 is 9.47 Å². The summed E-state index contributed by atoms with van der Waals surface area (Å²) in [4.78, 5) is 24.8. The van der Waals surface area contributed by atoms with Crippen LogP contribution in [-0.4, -0.2) is 18.5 Å². The van der Waals surface area contributed by atoms with Crippen LogP contribution in [0.15, 0.2) is 24.0 Å². The van der Waals surface area contributed by atoms with E-state index in [2.05, 4.69) is 34.3 Å². The largest absolute Gasteiger partial charge is 0.462 e. The van der Waals surface area contributed by atoms with Gasteiger partial charge in [0, 0.05) is 12.0 Å². The molecule has 0 N–H and O–H groups in total. The Bertz CT molecular complexity index is 660. The molecule has 0 aliphatic heterocycles. The molecule has 2 saturated carbocycles. The first-order valence-electron chi connectivity index (χ1n) is 11.9. The lowest BCUT2D eigenvalue weighted by Crippen LogP contribution is -2.34. The second-order valence-corrected chi connectivity index (χ2v) is 10.0. The van der Waals surface area contributed by atoms with Gasteiger partial charge in [-0.05, 0) is 49.4 Å². The van der Waals surface area contributed by atoms with Crippen molar-refractivity contribution in [3.8, 4) is 0 Å². The summed E-state index contributed by atoms with van der Waals surface area (Å²) in [5, 5.41) is 0. The van der Waals surface area contributed by atoms with Crippen molar-refractivity contribution in [3.05, 3.63) is 24.0 Å². The number of unbranched alkanes of at least 4 members (excludes halogenated alkanes) is 6. The minimum absolute atomic E-state index is 0.00841.